The Labute approximate surface area is 181 Å². The van der Waals surface area contributed by atoms with Crippen LogP contribution >= 0.6 is 0 Å². The molecule has 0 saturated carbocycles. The van der Waals surface area contributed by atoms with E-state index in [0.717, 1.165) is 10.9 Å². The largest absolute Gasteiger partial charge is 0.507 e. The fourth-order valence-electron chi connectivity index (χ4n) is 3.64. The molecule has 0 fully saturated rings. The molecule has 0 aliphatic carbocycles. The minimum absolute atomic E-state index is 0.0563. The van der Waals surface area contributed by atoms with Crippen molar-refractivity contribution in [2.45, 2.75) is 33.3 Å². The van der Waals surface area contributed by atoms with Gasteiger partial charge in [0.25, 0.3) is 0 Å². The second kappa shape index (κ2) is 9.18. The molecule has 3 aromatic carbocycles. The molecule has 0 saturated heterocycles. The maximum atomic E-state index is 12.8. The first kappa shape index (κ1) is 22.3. The van der Waals surface area contributed by atoms with Crippen LogP contribution in [0.3, 0.4) is 0 Å². The number of hydrogen-bond acceptors (Lipinski definition) is 5. The number of aromatic hydroxyl groups is 1. The van der Waals surface area contributed by atoms with E-state index in [-0.39, 0.29) is 18.1 Å². The summed E-state index contributed by atoms with van der Waals surface area (Å²) in [7, 11) is 0. The summed E-state index contributed by atoms with van der Waals surface area (Å²) in [5, 5.41) is 23.9. The molecule has 162 valence electrons. The first-order chi connectivity index (χ1) is 14.7. The van der Waals surface area contributed by atoms with Gasteiger partial charge in [0.05, 0.1) is 0 Å². The number of carbonyl (C=O) groups is 2. The zero-order valence-electron chi connectivity index (χ0n) is 17.9. The molecule has 0 unspecified atom stereocenters. The van der Waals surface area contributed by atoms with Gasteiger partial charge in [0.2, 0.25) is 0 Å². The van der Waals surface area contributed by atoms with Gasteiger partial charge in [-0.1, -0.05) is 44.2 Å². The number of ether oxygens (including phenoxy) is 1. The molecule has 3 rings (SSSR count). The third-order valence-electron chi connectivity index (χ3n) is 5.45. The van der Waals surface area contributed by atoms with Crippen LogP contribution in [0.5, 0.6) is 5.75 Å². The molecule has 0 radical (unpaired) electrons. The summed E-state index contributed by atoms with van der Waals surface area (Å²) >= 11 is 0. The van der Waals surface area contributed by atoms with Crippen molar-refractivity contribution in [1.29, 1.82) is 0 Å². The third-order valence-corrected chi connectivity index (χ3v) is 5.45. The van der Waals surface area contributed by atoms with E-state index in [2.05, 4.69) is 5.32 Å². The van der Waals surface area contributed by atoms with E-state index in [9.17, 15) is 19.8 Å². The highest BCUT2D eigenvalue weighted by atomic mass is 16.6. The van der Waals surface area contributed by atoms with Crippen LogP contribution < -0.4 is 5.32 Å². The van der Waals surface area contributed by atoms with Gasteiger partial charge in [-0.25, -0.2) is 4.79 Å². The summed E-state index contributed by atoms with van der Waals surface area (Å²) in [6.45, 7) is 5.26. The number of nitrogens with one attached hydrogen (secondary N) is 1. The number of amides is 1. The van der Waals surface area contributed by atoms with Crippen LogP contribution in [-0.4, -0.2) is 28.7 Å². The SMILES string of the molecule is CC(=O)c1ccc(NC(=O)O[C@H](c2ccc(O)c3ccccc23)C(C)(C)CCO)cc1. The third kappa shape index (κ3) is 5.03. The molecule has 0 aromatic heterocycles. The average Bonchev–Trinajstić information content (AvgIpc) is 2.73. The van der Waals surface area contributed by atoms with E-state index >= 15 is 0 Å². The smallest absolute Gasteiger partial charge is 0.412 e. The molecule has 1 amide bonds. The number of aliphatic hydroxyl groups excluding tert-OH is 1. The highest BCUT2D eigenvalue weighted by Gasteiger charge is 2.35. The van der Waals surface area contributed by atoms with Crippen molar-refractivity contribution in [3.05, 3.63) is 71.8 Å². The van der Waals surface area contributed by atoms with Gasteiger partial charge >= 0.3 is 6.09 Å². The zero-order chi connectivity index (χ0) is 22.6. The Kier molecular flexibility index (Phi) is 6.61. The average molecular weight is 421 g/mol. The van der Waals surface area contributed by atoms with Gasteiger partial charge in [0.15, 0.2) is 5.78 Å². The van der Waals surface area contributed by atoms with Crippen molar-refractivity contribution in [3.63, 3.8) is 0 Å². The van der Waals surface area contributed by atoms with Gasteiger partial charge in [0.1, 0.15) is 11.9 Å². The summed E-state index contributed by atoms with van der Waals surface area (Å²) in [6.07, 6.45) is -0.918. The van der Waals surface area contributed by atoms with Crippen LogP contribution in [0, 0.1) is 5.41 Å². The number of phenolic OH excluding ortho intramolecular Hbond substituents is 1. The second-order valence-corrected chi connectivity index (χ2v) is 8.23. The Morgan fingerprint density at radius 2 is 1.65 bits per heavy atom. The lowest BCUT2D eigenvalue weighted by Gasteiger charge is -2.34. The standard InChI is InChI=1S/C25H27NO5/c1-16(28)17-8-10-18(11-9-17)26-24(30)31-23(25(2,3)14-15-27)21-12-13-22(29)20-7-5-4-6-19(20)21/h4-13,23,27,29H,14-15H2,1-3H3,(H,26,30)/t23-/m1/s1. The number of hydrogen-bond donors (Lipinski definition) is 3. The van der Waals surface area contributed by atoms with Crippen LogP contribution in [0.4, 0.5) is 10.5 Å². The highest BCUT2D eigenvalue weighted by molar-refractivity contribution is 5.95. The Morgan fingerprint density at radius 1 is 1.00 bits per heavy atom. The molecule has 0 aliphatic heterocycles. The number of carbonyl (C=O) groups excluding carboxylic acids is 2. The number of ketones is 1. The molecule has 1 atom stereocenters. The summed E-state index contributed by atoms with van der Waals surface area (Å²) in [5.41, 5.74) is 1.22. The van der Waals surface area contributed by atoms with Crippen molar-refractivity contribution in [2.75, 3.05) is 11.9 Å². The molecule has 31 heavy (non-hydrogen) atoms. The van der Waals surface area contributed by atoms with Crippen LogP contribution in [0.15, 0.2) is 60.7 Å². The lowest BCUT2D eigenvalue weighted by molar-refractivity contribution is 0.0161. The Bertz CT molecular complexity index is 1090. The van der Waals surface area contributed by atoms with Gasteiger partial charge < -0.3 is 14.9 Å². The van der Waals surface area contributed by atoms with Gasteiger partial charge in [0, 0.05) is 34.2 Å². The van der Waals surface area contributed by atoms with Crippen LogP contribution in [0.25, 0.3) is 10.8 Å². The van der Waals surface area contributed by atoms with Crippen LogP contribution in [-0.2, 0) is 4.74 Å². The molecule has 3 aromatic rings. The molecule has 0 bridgehead atoms. The van der Waals surface area contributed by atoms with Gasteiger partial charge in [-0.05, 0) is 49.1 Å². The molecular formula is C25H27NO5. The molecule has 3 N–H and O–H groups in total. The van der Waals surface area contributed by atoms with Crippen molar-refractivity contribution in [1.82, 2.24) is 0 Å². The lowest BCUT2D eigenvalue weighted by atomic mass is 9.78. The van der Waals surface area contributed by atoms with Crippen molar-refractivity contribution < 1.29 is 24.5 Å². The highest BCUT2D eigenvalue weighted by Crippen LogP contribution is 2.43. The number of phenols is 1. The van der Waals surface area contributed by atoms with Gasteiger partial charge in [-0.15, -0.1) is 0 Å². The summed E-state index contributed by atoms with van der Waals surface area (Å²) in [6, 6.07) is 17.3. The molecule has 0 spiro atoms. The minimum Gasteiger partial charge on any atom is -0.507 e. The molecule has 0 aliphatic rings. The maximum Gasteiger partial charge on any atom is 0.412 e. The lowest BCUT2D eigenvalue weighted by Crippen LogP contribution is -2.30. The first-order valence-electron chi connectivity index (χ1n) is 10.1. The fourth-order valence-corrected chi connectivity index (χ4v) is 3.64. The quantitative estimate of drug-likeness (QED) is 0.441. The number of aliphatic hydroxyl groups is 1. The Morgan fingerprint density at radius 3 is 2.26 bits per heavy atom. The molecule has 6 nitrogen and oxygen atoms in total. The van der Waals surface area contributed by atoms with E-state index in [4.69, 9.17) is 4.74 Å². The van der Waals surface area contributed by atoms with Crippen LogP contribution in [0.1, 0.15) is 49.2 Å². The molecule has 0 heterocycles. The monoisotopic (exact) mass is 421 g/mol. The minimum atomic E-state index is -0.679. The number of anilines is 1. The van der Waals surface area contributed by atoms with Gasteiger partial charge in [-0.3, -0.25) is 10.1 Å². The van der Waals surface area contributed by atoms with Crippen molar-refractivity contribution in [3.8, 4) is 5.75 Å². The predicted molar refractivity (Wildman–Crippen MR) is 120 cm³/mol. The number of Topliss-reactive ketones (excluding diaryl/α,β-unsaturated/α-hetero) is 1. The maximum absolute atomic E-state index is 12.8. The van der Waals surface area contributed by atoms with E-state index in [1.165, 1.54) is 6.92 Å². The van der Waals surface area contributed by atoms with Crippen molar-refractivity contribution >= 4 is 28.3 Å². The Balaban J connectivity index is 1.93. The topological polar surface area (TPSA) is 95.9 Å². The van der Waals surface area contributed by atoms with Gasteiger partial charge in [-0.2, -0.15) is 0 Å². The van der Waals surface area contributed by atoms with E-state index < -0.39 is 17.6 Å². The summed E-state index contributed by atoms with van der Waals surface area (Å²) in [5.74, 6) is 0.0900. The summed E-state index contributed by atoms with van der Waals surface area (Å²) < 4.78 is 5.87. The second-order valence-electron chi connectivity index (χ2n) is 8.23. The number of rotatable bonds is 7. The normalized spacial score (nSPS) is 12.4. The Hall–Kier alpha value is -3.38. The van der Waals surface area contributed by atoms with E-state index in [1.54, 1.807) is 42.5 Å². The number of benzene rings is 3. The van der Waals surface area contributed by atoms with Crippen LogP contribution in [0.2, 0.25) is 0 Å². The first-order valence-corrected chi connectivity index (χ1v) is 10.1. The summed E-state index contributed by atoms with van der Waals surface area (Å²) in [4.78, 5) is 24.2. The molecular weight excluding hydrogens is 394 g/mol. The predicted octanol–water partition coefficient (Wildman–Crippen LogP) is 5.45. The molecule has 6 heteroatoms. The number of fused-ring (bicyclic) bond motifs is 1. The van der Waals surface area contributed by atoms with E-state index in [1.807, 2.05) is 32.0 Å². The van der Waals surface area contributed by atoms with Crippen molar-refractivity contribution in [2.24, 2.45) is 5.41 Å². The fraction of sp³-hybridized carbons (Fsp3) is 0.280. The van der Waals surface area contributed by atoms with E-state index in [0.29, 0.717) is 23.1 Å². The zero-order valence-corrected chi connectivity index (χ0v) is 17.9.